The average Bonchev–Trinajstić information content (AvgIpc) is 2.84. The summed E-state index contributed by atoms with van der Waals surface area (Å²) in [4.78, 5) is 25.9. The summed E-state index contributed by atoms with van der Waals surface area (Å²) in [5, 5.41) is 12.5. The number of aryl methyl sites for hydroxylation is 2. The number of fused-ring (bicyclic) bond motifs is 4. The van der Waals surface area contributed by atoms with Crippen LogP contribution in [-0.2, 0) is 10.2 Å². The molecular weight excluding hydrogens is 402 g/mol. The molecule has 1 aromatic heterocycles. The van der Waals surface area contributed by atoms with E-state index in [9.17, 15) is 14.9 Å². The number of nitrogens with one attached hydrogen (secondary N) is 1. The first-order valence-electron chi connectivity index (χ1n) is 7.66. The van der Waals surface area contributed by atoms with Crippen molar-refractivity contribution in [2.24, 2.45) is 5.73 Å². The second-order valence-corrected chi connectivity index (χ2v) is 6.95. The van der Waals surface area contributed by atoms with Gasteiger partial charge in [-0.15, -0.1) is 0 Å². The van der Waals surface area contributed by atoms with E-state index in [2.05, 4.69) is 21.2 Å². The van der Waals surface area contributed by atoms with Crippen LogP contribution in [-0.4, -0.2) is 5.91 Å². The number of carbonyl (C=O) groups excluding carboxylic acids is 1. The number of anilines is 1. The van der Waals surface area contributed by atoms with Crippen molar-refractivity contribution in [1.29, 1.82) is 5.26 Å². The van der Waals surface area contributed by atoms with Crippen molar-refractivity contribution in [3.63, 3.8) is 0 Å². The summed E-state index contributed by atoms with van der Waals surface area (Å²) >= 11 is 3.50. The van der Waals surface area contributed by atoms with E-state index in [4.69, 9.17) is 14.9 Å². The van der Waals surface area contributed by atoms with Gasteiger partial charge in [0.05, 0.1) is 0 Å². The molecule has 2 aliphatic rings. The molecule has 3 heterocycles. The molecule has 26 heavy (non-hydrogen) atoms. The van der Waals surface area contributed by atoms with Crippen molar-refractivity contribution in [3.05, 3.63) is 67.0 Å². The Hall–Kier alpha value is -3.05. The first-order valence-corrected chi connectivity index (χ1v) is 8.46. The van der Waals surface area contributed by atoms with Gasteiger partial charge in [-0.3, -0.25) is 4.79 Å². The van der Waals surface area contributed by atoms with Gasteiger partial charge in [0.1, 0.15) is 28.7 Å². The number of benzene rings is 1. The van der Waals surface area contributed by atoms with Gasteiger partial charge >= 0.3 is 5.63 Å². The maximum Gasteiger partial charge on any atom is 0.344 e. The highest BCUT2D eigenvalue weighted by Gasteiger charge is 2.59. The standard InChI is InChI=1S/C18H12BrN3O4/c1-7-3-4-10-12(14(7)19)18(17(24)22-10)9(6-20)15(21)26-11-5-8(2)25-16(23)13(11)18/h3-5H,21H2,1-2H3,(H,22,24)/t18-/m0/s1. The number of nitriles is 1. The van der Waals surface area contributed by atoms with Gasteiger partial charge in [-0.25, -0.2) is 4.79 Å². The molecule has 0 bridgehead atoms. The molecule has 130 valence electrons. The number of carbonyl (C=O) groups is 1. The number of halogens is 1. The summed E-state index contributed by atoms with van der Waals surface area (Å²) in [7, 11) is 0. The van der Waals surface area contributed by atoms with Crippen molar-refractivity contribution >= 4 is 27.5 Å². The molecule has 2 aromatic rings. The van der Waals surface area contributed by atoms with Crippen LogP contribution in [0.5, 0.6) is 5.75 Å². The molecule has 2 aliphatic heterocycles. The molecule has 1 atom stereocenters. The van der Waals surface area contributed by atoms with E-state index < -0.39 is 16.9 Å². The second kappa shape index (κ2) is 5.22. The summed E-state index contributed by atoms with van der Waals surface area (Å²) in [6, 6.07) is 6.97. The molecule has 0 radical (unpaired) electrons. The lowest BCUT2D eigenvalue weighted by Gasteiger charge is -2.33. The fourth-order valence-corrected chi connectivity index (χ4v) is 4.22. The minimum absolute atomic E-state index is 0.0589. The Labute approximate surface area is 156 Å². The van der Waals surface area contributed by atoms with Crippen LogP contribution >= 0.6 is 15.9 Å². The highest BCUT2D eigenvalue weighted by Crippen LogP contribution is 2.54. The van der Waals surface area contributed by atoms with Gasteiger partial charge in [-0.1, -0.05) is 22.0 Å². The van der Waals surface area contributed by atoms with Gasteiger partial charge in [-0.2, -0.15) is 5.26 Å². The number of hydrogen-bond acceptors (Lipinski definition) is 6. The van der Waals surface area contributed by atoms with Crippen molar-refractivity contribution in [1.82, 2.24) is 0 Å². The molecule has 7 nitrogen and oxygen atoms in total. The Morgan fingerprint density at radius 2 is 2.00 bits per heavy atom. The third kappa shape index (κ3) is 1.81. The highest BCUT2D eigenvalue weighted by atomic mass is 79.9. The zero-order valence-electron chi connectivity index (χ0n) is 13.8. The predicted octanol–water partition coefficient (Wildman–Crippen LogP) is 2.34. The van der Waals surface area contributed by atoms with Gasteiger partial charge in [0, 0.05) is 21.8 Å². The Morgan fingerprint density at radius 3 is 2.69 bits per heavy atom. The zero-order chi connectivity index (χ0) is 18.8. The number of rotatable bonds is 0. The van der Waals surface area contributed by atoms with Crippen LogP contribution in [0, 0.1) is 25.2 Å². The Balaban J connectivity index is 2.26. The molecule has 0 fully saturated rings. The topological polar surface area (TPSA) is 118 Å². The lowest BCUT2D eigenvalue weighted by molar-refractivity contribution is -0.118. The normalized spacial score (nSPS) is 20.3. The lowest BCUT2D eigenvalue weighted by Crippen LogP contribution is -2.46. The van der Waals surface area contributed by atoms with Crippen molar-refractivity contribution in [2.75, 3.05) is 5.32 Å². The van der Waals surface area contributed by atoms with Crippen LogP contribution in [0.15, 0.2) is 43.3 Å². The molecule has 3 N–H and O–H groups in total. The molecule has 1 aromatic carbocycles. The quantitative estimate of drug-likeness (QED) is 0.683. The second-order valence-electron chi connectivity index (χ2n) is 6.16. The van der Waals surface area contributed by atoms with E-state index in [1.165, 1.54) is 6.07 Å². The molecule has 8 heteroatoms. The molecule has 0 unspecified atom stereocenters. The average molecular weight is 414 g/mol. The van der Waals surface area contributed by atoms with E-state index in [0.29, 0.717) is 21.5 Å². The van der Waals surface area contributed by atoms with Crippen LogP contribution in [0.3, 0.4) is 0 Å². The van der Waals surface area contributed by atoms with Gasteiger partial charge < -0.3 is 20.2 Å². The summed E-state index contributed by atoms with van der Waals surface area (Å²) < 4.78 is 11.3. The molecule has 0 saturated heterocycles. The number of hydrogen-bond donors (Lipinski definition) is 2. The monoisotopic (exact) mass is 413 g/mol. The van der Waals surface area contributed by atoms with Crippen molar-refractivity contribution in [2.45, 2.75) is 19.3 Å². The van der Waals surface area contributed by atoms with Crippen LogP contribution < -0.4 is 21.4 Å². The third-order valence-corrected chi connectivity index (χ3v) is 5.69. The molecule has 0 saturated carbocycles. The lowest BCUT2D eigenvalue weighted by atomic mass is 9.69. The summed E-state index contributed by atoms with van der Waals surface area (Å²) in [5.41, 5.74) is 5.04. The molecule has 0 aliphatic carbocycles. The Bertz CT molecular complexity index is 1140. The van der Waals surface area contributed by atoms with E-state index in [1.54, 1.807) is 13.0 Å². The molecule has 1 spiro atoms. The minimum Gasteiger partial charge on any atom is -0.440 e. The predicted molar refractivity (Wildman–Crippen MR) is 95.5 cm³/mol. The number of nitrogens with zero attached hydrogens (tertiary/aromatic N) is 1. The van der Waals surface area contributed by atoms with Crippen LogP contribution in [0.25, 0.3) is 0 Å². The van der Waals surface area contributed by atoms with Gasteiger partial charge in [-0.05, 0) is 25.5 Å². The van der Waals surface area contributed by atoms with Gasteiger partial charge in [0.15, 0.2) is 5.41 Å². The number of ether oxygens (including phenoxy) is 1. The Kier molecular flexibility index (Phi) is 3.30. The van der Waals surface area contributed by atoms with Crippen LogP contribution in [0.2, 0.25) is 0 Å². The first-order chi connectivity index (χ1) is 12.3. The molecule has 1 amide bonds. The largest absolute Gasteiger partial charge is 0.440 e. The first kappa shape index (κ1) is 16.4. The van der Waals surface area contributed by atoms with Crippen molar-refractivity contribution in [3.8, 4) is 11.8 Å². The van der Waals surface area contributed by atoms with Crippen LogP contribution in [0.4, 0.5) is 5.69 Å². The maximum absolute atomic E-state index is 13.2. The number of nitrogens with two attached hydrogens (primary N) is 1. The fourth-order valence-electron chi connectivity index (χ4n) is 3.58. The maximum atomic E-state index is 13.2. The van der Waals surface area contributed by atoms with E-state index in [1.807, 2.05) is 19.1 Å². The fraction of sp³-hybridized carbons (Fsp3) is 0.167. The SMILES string of the molecule is Cc1cc2c(c(=O)o1)[C@]1(C(=O)Nc3ccc(C)c(Br)c31)C(C#N)=C(N)O2. The summed E-state index contributed by atoms with van der Waals surface area (Å²) in [6.07, 6.45) is 0. The zero-order valence-corrected chi connectivity index (χ0v) is 15.4. The Morgan fingerprint density at radius 1 is 1.27 bits per heavy atom. The van der Waals surface area contributed by atoms with Crippen LogP contribution in [0.1, 0.15) is 22.5 Å². The highest BCUT2D eigenvalue weighted by molar-refractivity contribution is 9.10. The smallest absolute Gasteiger partial charge is 0.344 e. The van der Waals surface area contributed by atoms with E-state index >= 15 is 0 Å². The van der Waals surface area contributed by atoms with E-state index in [-0.39, 0.29) is 22.8 Å². The van der Waals surface area contributed by atoms with Gasteiger partial charge in [0.25, 0.3) is 0 Å². The van der Waals surface area contributed by atoms with E-state index in [0.717, 1.165) is 5.56 Å². The summed E-state index contributed by atoms with van der Waals surface area (Å²) in [5.74, 6) is -0.369. The number of amides is 1. The van der Waals surface area contributed by atoms with Crippen molar-refractivity contribution < 1.29 is 13.9 Å². The summed E-state index contributed by atoms with van der Waals surface area (Å²) in [6.45, 7) is 3.43. The minimum atomic E-state index is -1.74. The molecular formula is C18H12BrN3O4. The molecule has 4 rings (SSSR count). The third-order valence-electron chi connectivity index (χ3n) is 4.67. The van der Waals surface area contributed by atoms with Gasteiger partial charge in [0.2, 0.25) is 11.8 Å².